The highest BCUT2D eigenvalue weighted by molar-refractivity contribution is 5.80. The zero-order valence-corrected chi connectivity index (χ0v) is 11.0. The number of rotatable bonds is 6. The molecule has 110 valence electrons. The first-order valence-electron chi connectivity index (χ1n) is 6.12. The van der Waals surface area contributed by atoms with Gasteiger partial charge in [0.25, 0.3) is 0 Å². The van der Waals surface area contributed by atoms with Gasteiger partial charge in [-0.1, -0.05) is 13.0 Å². The molecule has 0 bridgehead atoms. The fraction of sp³-hybridized carbons (Fsp3) is 0.385. The number of carbonyl (C=O) groups is 2. The summed E-state index contributed by atoms with van der Waals surface area (Å²) in [6.45, 7) is 1.53. The molecular weight excluding hydrogens is 270 g/mol. The maximum Gasteiger partial charge on any atom is 0.323 e. The number of carboxylic acids is 1. The van der Waals surface area contributed by atoms with Gasteiger partial charge in [-0.2, -0.15) is 0 Å². The molecule has 0 fully saturated rings. The van der Waals surface area contributed by atoms with E-state index in [9.17, 15) is 18.4 Å². The lowest BCUT2D eigenvalue weighted by Crippen LogP contribution is -2.42. The summed E-state index contributed by atoms with van der Waals surface area (Å²) in [4.78, 5) is 23.5. The minimum atomic E-state index is -1.12. The van der Waals surface area contributed by atoms with Crippen LogP contribution in [0.2, 0.25) is 0 Å². The fourth-order valence-electron chi connectivity index (χ4n) is 1.63. The van der Waals surface area contributed by atoms with Gasteiger partial charge >= 0.3 is 12.0 Å². The molecule has 0 spiro atoms. The molecule has 0 aromatic heterocycles. The van der Waals surface area contributed by atoms with Crippen LogP contribution in [0.15, 0.2) is 18.2 Å². The van der Waals surface area contributed by atoms with Crippen LogP contribution in [0.25, 0.3) is 0 Å². The highest BCUT2D eigenvalue weighted by atomic mass is 19.1. The van der Waals surface area contributed by atoms with Crippen molar-refractivity contribution in [2.24, 2.45) is 0 Å². The molecule has 0 saturated heterocycles. The molecule has 0 heterocycles. The van der Waals surface area contributed by atoms with Gasteiger partial charge in [0.15, 0.2) is 0 Å². The standard InChI is InChI=1S/C13H16F2N2O3/c1-2-5-17(8-12(18)19)13(20)16-7-9-3-4-10(14)6-11(9)15/h3-4,6H,2,5,7-8H2,1H3,(H,16,20)(H,18,19). The lowest BCUT2D eigenvalue weighted by atomic mass is 10.2. The van der Waals surface area contributed by atoms with Crippen LogP contribution in [0.3, 0.4) is 0 Å². The van der Waals surface area contributed by atoms with Gasteiger partial charge in [-0.05, 0) is 12.5 Å². The zero-order valence-electron chi connectivity index (χ0n) is 11.0. The predicted molar refractivity (Wildman–Crippen MR) is 68.1 cm³/mol. The lowest BCUT2D eigenvalue weighted by molar-refractivity contribution is -0.137. The van der Waals surface area contributed by atoms with Gasteiger partial charge in [0.05, 0.1) is 0 Å². The molecule has 0 unspecified atom stereocenters. The first-order chi connectivity index (χ1) is 9.43. The number of benzene rings is 1. The molecule has 0 aliphatic carbocycles. The largest absolute Gasteiger partial charge is 0.480 e. The van der Waals surface area contributed by atoms with Crippen molar-refractivity contribution in [2.75, 3.05) is 13.1 Å². The van der Waals surface area contributed by atoms with Crippen LogP contribution >= 0.6 is 0 Å². The van der Waals surface area contributed by atoms with Crippen molar-refractivity contribution in [1.29, 1.82) is 0 Å². The van der Waals surface area contributed by atoms with Crippen LogP contribution in [0.5, 0.6) is 0 Å². The number of hydrogen-bond acceptors (Lipinski definition) is 2. The van der Waals surface area contributed by atoms with Crippen LogP contribution < -0.4 is 5.32 Å². The molecule has 0 atom stereocenters. The molecule has 0 aliphatic rings. The Morgan fingerprint density at radius 3 is 2.60 bits per heavy atom. The van der Waals surface area contributed by atoms with Crippen molar-refractivity contribution in [1.82, 2.24) is 10.2 Å². The summed E-state index contributed by atoms with van der Waals surface area (Å²) < 4.78 is 26.1. The molecule has 0 aliphatic heterocycles. The van der Waals surface area contributed by atoms with E-state index >= 15 is 0 Å². The highest BCUT2D eigenvalue weighted by Crippen LogP contribution is 2.09. The Balaban J connectivity index is 2.62. The average Bonchev–Trinajstić information content (AvgIpc) is 2.36. The van der Waals surface area contributed by atoms with Gasteiger partial charge in [-0.25, -0.2) is 13.6 Å². The van der Waals surface area contributed by atoms with Crippen molar-refractivity contribution in [3.05, 3.63) is 35.4 Å². The molecule has 7 heteroatoms. The smallest absolute Gasteiger partial charge is 0.323 e. The second kappa shape index (κ2) is 7.42. The van der Waals surface area contributed by atoms with E-state index in [2.05, 4.69) is 5.32 Å². The quantitative estimate of drug-likeness (QED) is 0.840. The van der Waals surface area contributed by atoms with E-state index in [-0.39, 0.29) is 18.7 Å². The third kappa shape index (κ3) is 4.83. The highest BCUT2D eigenvalue weighted by Gasteiger charge is 2.16. The number of nitrogens with zero attached hydrogens (tertiary/aromatic N) is 1. The van der Waals surface area contributed by atoms with E-state index in [1.54, 1.807) is 0 Å². The lowest BCUT2D eigenvalue weighted by Gasteiger charge is -2.20. The molecule has 1 aromatic carbocycles. The van der Waals surface area contributed by atoms with Crippen molar-refractivity contribution >= 4 is 12.0 Å². The monoisotopic (exact) mass is 286 g/mol. The molecule has 1 aromatic rings. The Morgan fingerprint density at radius 1 is 1.35 bits per heavy atom. The minimum Gasteiger partial charge on any atom is -0.480 e. The first-order valence-corrected chi connectivity index (χ1v) is 6.12. The number of carboxylic acid groups (broad SMARTS) is 1. The van der Waals surface area contributed by atoms with Gasteiger partial charge in [0, 0.05) is 24.7 Å². The number of hydrogen-bond donors (Lipinski definition) is 2. The maximum absolute atomic E-state index is 13.4. The molecule has 1 rings (SSSR count). The molecule has 2 N–H and O–H groups in total. The predicted octanol–water partition coefficient (Wildman–Crippen LogP) is 1.97. The summed E-state index contributed by atoms with van der Waals surface area (Å²) in [5.74, 6) is -2.58. The molecule has 0 radical (unpaired) electrons. The Hall–Kier alpha value is -2.18. The number of aliphatic carboxylic acids is 1. The van der Waals surface area contributed by atoms with Gasteiger partial charge < -0.3 is 15.3 Å². The molecule has 0 saturated carbocycles. The number of nitrogens with one attached hydrogen (secondary N) is 1. The van der Waals surface area contributed by atoms with Crippen LogP contribution in [0.1, 0.15) is 18.9 Å². The van der Waals surface area contributed by atoms with E-state index in [0.29, 0.717) is 6.42 Å². The van der Waals surface area contributed by atoms with Crippen LogP contribution in [0, 0.1) is 11.6 Å². The van der Waals surface area contributed by atoms with E-state index in [4.69, 9.17) is 5.11 Å². The Morgan fingerprint density at radius 2 is 2.05 bits per heavy atom. The normalized spacial score (nSPS) is 10.2. The second-order valence-electron chi connectivity index (χ2n) is 4.21. The van der Waals surface area contributed by atoms with Crippen molar-refractivity contribution in [3.63, 3.8) is 0 Å². The average molecular weight is 286 g/mol. The molecule has 5 nitrogen and oxygen atoms in total. The SMILES string of the molecule is CCCN(CC(=O)O)C(=O)NCc1ccc(F)cc1F. The third-order valence-electron chi connectivity index (χ3n) is 2.55. The van der Waals surface area contributed by atoms with Gasteiger partial charge in [-0.15, -0.1) is 0 Å². The first kappa shape index (κ1) is 15.9. The van der Waals surface area contributed by atoms with Crippen molar-refractivity contribution in [3.8, 4) is 0 Å². The number of urea groups is 1. The zero-order chi connectivity index (χ0) is 15.1. The number of halogens is 2. The van der Waals surface area contributed by atoms with Crippen molar-refractivity contribution in [2.45, 2.75) is 19.9 Å². The van der Waals surface area contributed by atoms with E-state index < -0.39 is 30.2 Å². The topological polar surface area (TPSA) is 69.6 Å². The van der Waals surface area contributed by atoms with Crippen LogP contribution in [-0.4, -0.2) is 35.1 Å². The third-order valence-corrected chi connectivity index (χ3v) is 2.55. The van der Waals surface area contributed by atoms with Crippen molar-refractivity contribution < 1.29 is 23.5 Å². The molecule has 2 amide bonds. The van der Waals surface area contributed by atoms with Gasteiger partial charge in [0.2, 0.25) is 0 Å². The van der Waals surface area contributed by atoms with E-state index in [0.717, 1.165) is 17.0 Å². The van der Waals surface area contributed by atoms with E-state index in [1.807, 2.05) is 6.92 Å². The van der Waals surface area contributed by atoms with Crippen LogP contribution in [-0.2, 0) is 11.3 Å². The summed E-state index contributed by atoms with van der Waals surface area (Å²) in [5.41, 5.74) is 0.131. The molecular formula is C13H16F2N2O3. The summed E-state index contributed by atoms with van der Waals surface area (Å²) in [7, 11) is 0. The summed E-state index contributed by atoms with van der Waals surface area (Å²) in [6, 6.07) is 2.44. The van der Waals surface area contributed by atoms with Gasteiger partial charge in [-0.3, -0.25) is 4.79 Å². The van der Waals surface area contributed by atoms with Gasteiger partial charge in [0.1, 0.15) is 18.2 Å². The minimum absolute atomic E-state index is 0.131. The summed E-state index contributed by atoms with van der Waals surface area (Å²) >= 11 is 0. The number of carbonyl (C=O) groups excluding carboxylic acids is 1. The Labute approximate surface area is 115 Å². The summed E-state index contributed by atoms with van der Waals surface area (Å²) in [5, 5.41) is 11.1. The van der Waals surface area contributed by atoms with Crippen LogP contribution in [0.4, 0.5) is 13.6 Å². The summed E-state index contributed by atoms with van der Waals surface area (Å²) in [6.07, 6.45) is 0.603. The Bertz CT molecular complexity index is 495. The second-order valence-corrected chi connectivity index (χ2v) is 4.21. The van der Waals surface area contributed by atoms with E-state index in [1.165, 1.54) is 6.07 Å². The fourth-order valence-corrected chi connectivity index (χ4v) is 1.63. The molecule has 20 heavy (non-hydrogen) atoms. The Kier molecular flexibility index (Phi) is 5.89. The number of amides is 2. The maximum atomic E-state index is 13.4.